The molecule has 0 fully saturated rings. The fourth-order valence-electron chi connectivity index (χ4n) is 1.52. The fourth-order valence-corrected chi connectivity index (χ4v) is 2.02. The molecule has 0 aliphatic rings. The van der Waals surface area contributed by atoms with Crippen molar-refractivity contribution in [2.24, 2.45) is 0 Å². The van der Waals surface area contributed by atoms with Gasteiger partial charge in [-0.05, 0) is 24.3 Å². The van der Waals surface area contributed by atoms with E-state index in [1.807, 2.05) is 0 Å². The number of alkyl halides is 3. The normalized spacial score (nSPS) is 11.6. The second-order valence-corrected chi connectivity index (χ2v) is 4.56. The van der Waals surface area contributed by atoms with Gasteiger partial charge in [0.15, 0.2) is 0 Å². The first kappa shape index (κ1) is 14.0. The quantitative estimate of drug-likeness (QED) is 0.775. The van der Waals surface area contributed by atoms with Gasteiger partial charge in [-0.15, -0.1) is 0 Å². The van der Waals surface area contributed by atoms with Gasteiger partial charge in [0, 0.05) is 17.3 Å². The summed E-state index contributed by atoms with van der Waals surface area (Å²) in [4.78, 5) is 11.6. The van der Waals surface area contributed by atoms with E-state index in [0.29, 0.717) is 11.2 Å². The molecule has 2 aromatic rings. The van der Waals surface area contributed by atoms with Crippen LogP contribution in [-0.4, -0.2) is 4.57 Å². The number of nitrogens with zero attached hydrogens (tertiary/aromatic N) is 1. The maximum atomic E-state index is 12.6. The second-order valence-electron chi connectivity index (χ2n) is 3.72. The summed E-state index contributed by atoms with van der Waals surface area (Å²) < 4.78 is 38.7. The Balaban J connectivity index is 2.65. The molecule has 0 saturated carbocycles. The zero-order valence-corrected chi connectivity index (χ0v) is 10.7. The van der Waals surface area contributed by atoms with Gasteiger partial charge in [-0.1, -0.05) is 23.2 Å². The van der Waals surface area contributed by atoms with Crippen LogP contribution in [0.25, 0.3) is 5.69 Å². The van der Waals surface area contributed by atoms with Crippen molar-refractivity contribution in [2.45, 2.75) is 6.18 Å². The second kappa shape index (κ2) is 4.90. The summed E-state index contributed by atoms with van der Waals surface area (Å²) >= 11 is 11.6. The molecule has 2 rings (SSSR count). The Labute approximate surface area is 116 Å². The highest BCUT2D eigenvalue weighted by molar-refractivity contribution is 6.35. The summed E-state index contributed by atoms with van der Waals surface area (Å²) in [6, 6.07) is 5.74. The van der Waals surface area contributed by atoms with E-state index in [2.05, 4.69) is 0 Å². The molecule has 0 aliphatic carbocycles. The van der Waals surface area contributed by atoms with Crippen LogP contribution in [0.15, 0.2) is 41.3 Å². The summed E-state index contributed by atoms with van der Waals surface area (Å²) in [5.74, 6) is 0. The summed E-state index contributed by atoms with van der Waals surface area (Å²) in [5.41, 5.74) is -1.41. The number of pyridine rings is 1. The summed E-state index contributed by atoms with van der Waals surface area (Å²) in [6.45, 7) is 0. The zero-order valence-electron chi connectivity index (χ0n) is 9.21. The number of rotatable bonds is 1. The standard InChI is InChI=1S/C12H6Cl2F3NO/c13-8-2-3-10(9(14)5-8)18-6-7(12(15,16)17)1-4-11(18)19/h1-6H. The van der Waals surface area contributed by atoms with Crippen LogP contribution in [0.5, 0.6) is 0 Å². The molecule has 0 unspecified atom stereocenters. The summed E-state index contributed by atoms with van der Waals surface area (Å²) in [6.07, 6.45) is -3.83. The molecule has 1 aromatic heterocycles. The number of aromatic nitrogens is 1. The largest absolute Gasteiger partial charge is 0.417 e. The third kappa shape index (κ3) is 2.93. The Morgan fingerprint density at radius 1 is 1.05 bits per heavy atom. The van der Waals surface area contributed by atoms with E-state index in [-0.39, 0.29) is 10.7 Å². The van der Waals surface area contributed by atoms with Gasteiger partial charge in [0.2, 0.25) is 0 Å². The van der Waals surface area contributed by atoms with Crippen molar-refractivity contribution in [3.63, 3.8) is 0 Å². The minimum Gasteiger partial charge on any atom is -0.282 e. The number of benzene rings is 1. The number of halogens is 5. The molecule has 19 heavy (non-hydrogen) atoms. The monoisotopic (exact) mass is 307 g/mol. The first-order valence-corrected chi connectivity index (χ1v) is 5.80. The van der Waals surface area contributed by atoms with E-state index in [9.17, 15) is 18.0 Å². The van der Waals surface area contributed by atoms with Gasteiger partial charge >= 0.3 is 6.18 Å². The molecule has 1 heterocycles. The van der Waals surface area contributed by atoms with Gasteiger partial charge in [0.25, 0.3) is 5.56 Å². The lowest BCUT2D eigenvalue weighted by Crippen LogP contribution is -2.20. The van der Waals surface area contributed by atoms with Crippen LogP contribution in [-0.2, 0) is 6.18 Å². The highest BCUT2D eigenvalue weighted by Gasteiger charge is 2.31. The number of hydrogen-bond acceptors (Lipinski definition) is 1. The first-order valence-electron chi connectivity index (χ1n) is 5.04. The van der Waals surface area contributed by atoms with Crippen molar-refractivity contribution >= 4 is 23.2 Å². The fraction of sp³-hybridized carbons (Fsp3) is 0.0833. The van der Waals surface area contributed by atoms with Gasteiger partial charge in [0.05, 0.1) is 16.3 Å². The predicted octanol–water partition coefficient (Wildman–Crippen LogP) is 4.16. The molecule has 0 bridgehead atoms. The average Bonchev–Trinajstić information content (AvgIpc) is 2.29. The molecular weight excluding hydrogens is 302 g/mol. The summed E-state index contributed by atoms with van der Waals surface area (Å²) in [7, 11) is 0. The van der Waals surface area contributed by atoms with E-state index in [4.69, 9.17) is 23.2 Å². The van der Waals surface area contributed by atoms with Crippen LogP contribution in [0, 0.1) is 0 Å². The van der Waals surface area contributed by atoms with E-state index >= 15 is 0 Å². The zero-order chi connectivity index (χ0) is 14.2. The van der Waals surface area contributed by atoms with Gasteiger partial charge < -0.3 is 0 Å². The van der Waals surface area contributed by atoms with Crippen LogP contribution in [0.4, 0.5) is 13.2 Å². The van der Waals surface area contributed by atoms with Crippen LogP contribution in [0.1, 0.15) is 5.56 Å². The van der Waals surface area contributed by atoms with Crippen LogP contribution >= 0.6 is 23.2 Å². The minimum atomic E-state index is -4.53. The molecule has 0 amide bonds. The van der Waals surface area contributed by atoms with Crippen molar-refractivity contribution < 1.29 is 13.2 Å². The Morgan fingerprint density at radius 3 is 2.32 bits per heavy atom. The van der Waals surface area contributed by atoms with Crippen LogP contribution < -0.4 is 5.56 Å². The SMILES string of the molecule is O=c1ccc(C(F)(F)F)cn1-c1ccc(Cl)cc1Cl. The lowest BCUT2D eigenvalue weighted by atomic mass is 10.2. The van der Waals surface area contributed by atoms with E-state index < -0.39 is 17.3 Å². The van der Waals surface area contributed by atoms with Gasteiger partial charge in [-0.2, -0.15) is 13.2 Å². The number of hydrogen-bond donors (Lipinski definition) is 0. The van der Waals surface area contributed by atoms with Crippen molar-refractivity contribution in [3.8, 4) is 5.69 Å². The van der Waals surface area contributed by atoms with Gasteiger partial charge in [0.1, 0.15) is 0 Å². The smallest absolute Gasteiger partial charge is 0.282 e. The molecule has 0 saturated heterocycles. The molecule has 0 N–H and O–H groups in total. The molecule has 0 spiro atoms. The third-order valence-corrected chi connectivity index (χ3v) is 2.95. The van der Waals surface area contributed by atoms with E-state index in [1.54, 1.807) is 0 Å². The molecule has 0 atom stereocenters. The molecular formula is C12H6Cl2F3NO. The molecule has 0 radical (unpaired) electrons. The lowest BCUT2D eigenvalue weighted by Gasteiger charge is -2.12. The lowest BCUT2D eigenvalue weighted by molar-refractivity contribution is -0.138. The third-order valence-electron chi connectivity index (χ3n) is 2.41. The van der Waals surface area contributed by atoms with Crippen molar-refractivity contribution in [2.75, 3.05) is 0 Å². The highest BCUT2D eigenvalue weighted by atomic mass is 35.5. The minimum absolute atomic E-state index is 0.0916. The average molecular weight is 308 g/mol. The Bertz CT molecular complexity index is 679. The maximum Gasteiger partial charge on any atom is 0.417 e. The Kier molecular flexibility index (Phi) is 3.60. The van der Waals surface area contributed by atoms with Crippen LogP contribution in [0.3, 0.4) is 0 Å². The molecule has 1 aromatic carbocycles. The first-order chi connectivity index (χ1) is 8.79. The van der Waals surface area contributed by atoms with E-state index in [0.717, 1.165) is 16.7 Å². The maximum absolute atomic E-state index is 12.6. The summed E-state index contributed by atoms with van der Waals surface area (Å²) in [5, 5.41) is 0.419. The predicted molar refractivity (Wildman–Crippen MR) is 67.1 cm³/mol. The highest BCUT2D eigenvalue weighted by Crippen LogP contribution is 2.29. The van der Waals surface area contributed by atoms with Gasteiger partial charge in [-0.3, -0.25) is 9.36 Å². The van der Waals surface area contributed by atoms with Gasteiger partial charge in [-0.25, -0.2) is 0 Å². The van der Waals surface area contributed by atoms with Crippen molar-refractivity contribution in [3.05, 3.63) is 62.5 Å². The van der Waals surface area contributed by atoms with Crippen molar-refractivity contribution in [1.82, 2.24) is 4.57 Å². The van der Waals surface area contributed by atoms with E-state index in [1.165, 1.54) is 18.2 Å². The molecule has 0 aliphatic heterocycles. The Hall–Kier alpha value is -1.46. The Morgan fingerprint density at radius 2 is 1.74 bits per heavy atom. The molecule has 100 valence electrons. The molecule has 2 nitrogen and oxygen atoms in total. The van der Waals surface area contributed by atoms with Crippen molar-refractivity contribution in [1.29, 1.82) is 0 Å². The van der Waals surface area contributed by atoms with Crippen LogP contribution in [0.2, 0.25) is 10.0 Å². The molecule has 7 heteroatoms. The topological polar surface area (TPSA) is 22.0 Å².